The van der Waals surface area contributed by atoms with E-state index >= 15 is 0 Å². The zero-order chi connectivity index (χ0) is 22.5. The first-order valence-corrected chi connectivity index (χ1v) is 10.9. The Bertz CT molecular complexity index is 1110. The lowest BCUT2D eigenvalue weighted by molar-refractivity contribution is -0.134. The van der Waals surface area contributed by atoms with E-state index in [1.54, 1.807) is 39.9 Å². The molecule has 1 aliphatic heterocycles. The second-order valence-electron chi connectivity index (χ2n) is 8.11. The van der Waals surface area contributed by atoms with Crippen molar-refractivity contribution in [2.24, 2.45) is 13.0 Å². The maximum Gasteiger partial charge on any atom is 0.289 e. The Balaban J connectivity index is 1.65. The fraction of sp³-hybridized carbons (Fsp3) is 0.269. The third-order valence-corrected chi connectivity index (χ3v) is 5.96. The van der Waals surface area contributed by atoms with Crippen molar-refractivity contribution in [3.05, 3.63) is 91.0 Å². The van der Waals surface area contributed by atoms with E-state index < -0.39 is 0 Å². The van der Waals surface area contributed by atoms with Crippen LogP contribution < -0.4 is 0 Å². The van der Waals surface area contributed by atoms with Crippen molar-refractivity contribution >= 4 is 11.8 Å². The minimum Gasteiger partial charge on any atom is -0.337 e. The lowest BCUT2D eigenvalue weighted by atomic mass is 9.91. The van der Waals surface area contributed by atoms with Gasteiger partial charge in [-0.1, -0.05) is 60.7 Å². The average molecular weight is 429 g/mol. The molecule has 1 atom stereocenters. The SMILES string of the molecule is C=CCN1CCN(C(=O)c2nccn2C)C[C@H](Cc2ccccc2-c2ccccc2)C1=O. The highest BCUT2D eigenvalue weighted by molar-refractivity contribution is 5.92. The van der Waals surface area contributed by atoms with Gasteiger partial charge in [0, 0.05) is 45.6 Å². The maximum atomic E-state index is 13.4. The molecule has 6 nitrogen and oxygen atoms in total. The second-order valence-corrected chi connectivity index (χ2v) is 8.11. The number of amides is 2. The van der Waals surface area contributed by atoms with Gasteiger partial charge in [0.15, 0.2) is 5.82 Å². The van der Waals surface area contributed by atoms with Crippen molar-refractivity contribution in [1.29, 1.82) is 0 Å². The summed E-state index contributed by atoms with van der Waals surface area (Å²) in [4.78, 5) is 34.4. The van der Waals surface area contributed by atoms with E-state index in [4.69, 9.17) is 0 Å². The molecule has 1 aliphatic rings. The molecule has 0 spiro atoms. The van der Waals surface area contributed by atoms with Gasteiger partial charge >= 0.3 is 0 Å². The van der Waals surface area contributed by atoms with E-state index in [0.717, 1.165) is 16.7 Å². The van der Waals surface area contributed by atoms with Gasteiger partial charge in [-0.05, 0) is 23.1 Å². The zero-order valence-electron chi connectivity index (χ0n) is 18.4. The molecule has 0 unspecified atom stereocenters. The van der Waals surface area contributed by atoms with Gasteiger partial charge in [-0.25, -0.2) is 4.98 Å². The average Bonchev–Trinajstić information content (AvgIpc) is 3.19. The molecule has 0 saturated carbocycles. The smallest absolute Gasteiger partial charge is 0.289 e. The van der Waals surface area contributed by atoms with Crippen LogP contribution in [0.1, 0.15) is 16.2 Å². The molecule has 164 valence electrons. The lowest BCUT2D eigenvalue weighted by Gasteiger charge is -2.24. The number of carbonyl (C=O) groups is 2. The number of carbonyl (C=O) groups excluding carboxylic acids is 2. The summed E-state index contributed by atoms with van der Waals surface area (Å²) in [6.07, 6.45) is 5.67. The summed E-state index contributed by atoms with van der Waals surface area (Å²) in [7, 11) is 1.81. The quantitative estimate of drug-likeness (QED) is 0.566. The normalized spacial score (nSPS) is 16.7. The topological polar surface area (TPSA) is 58.4 Å². The van der Waals surface area contributed by atoms with Crippen LogP contribution in [0.5, 0.6) is 0 Å². The minimum atomic E-state index is -0.341. The molecule has 6 heteroatoms. The van der Waals surface area contributed by atoms with Crippen LogP contribution in [0.2, 0.25) is 0 Å². The van der Waals surface area contributed by atoms with E-state index in [9.17, 15) is 9.59 Å². The zero-order valence-corrected chi connectivity index (χ0v) is 18.4. The van der Waals surface area contributed by atoms with Crippen molar-refractivity contribution in [3.63, 3.8) is 0 Å². The summed E-state index contributed by atoms with van der Waals surface area (Å²) in [5.74, 6) is -0.0420. The Morgan fingerprint density at radius 1 is 1.12 bits per heavy atom. The first-order chi connectivity index (χ1) is 15.6. The molecule has 2 amide bonds. The van der Waals surface area contributed by atoms with Gasteiger partial charge in [0.1, 0.15) is 0 Å². The highest BCUT2D eigenvalue weighted by atomic mass is 16.2. The van der Waals surface area contributed by atoms with Crippen LogP contribution in [0.4, 0.5) is 0 Å². The van der Waals surface area contributed by atoms with Crippen LogP contribution in [-0.4, -0.2) is 57.3 Å². The van der Waals surface area contributed by atoms with Gasteiger partial charge in [0.2, 0.25) is 5.91 Å². The molecule has 0 radical (unpaired) electrons. The number of imidazole rings is 1. The van der Waals surface area contributed by atoms with Gasteiger partial charge < -0.3 is 14.4 Å². The molecule has 2 aromatic carbocycles. The highest BCUT2D eigenvalue weighted by Gasteiger charge is 2.33. The molecule has 32 heavy (non-hydrogen) atoms. The predicted octanol–water partition coefficient (Wildman–Crippen LogP) is 3.42. The summed E-state index contributed by atoms with van der Waals surface area (Å²) in [5, 5.41) is 0. The molecule has 0 N–H and O–H groups in total. The number of nitrogens with zero attached hydrogens (tertiary/aromatic N) is 4. The molecular formula is C26H28N4O2. The van der Waals surface area contributed by atoms with Gasteiger partial charge in [-0.3, -0.25) is 9.59 Å². The molecule has 0 aliphatic carbocycles. The molecule has 3 aromatic rings. The molecular weight excluding hydrogens is 400 g/mol. The van der Waals surface area contributed by atoms with Crippen molar-refractivity contribution < 1.29 is 9.59 Å². The standard InChI is InChI=1S/C26H28N4O2/c1-3-14-29-16-17-30(26(32)24-27-13-15-28(24)2)19-22(25(29)31)18-21-11-7-8-12-23(21)20-9-5-4-6-10-20/h3-13,15,22H,1,14,16-19H2,2H3/t22-/m0/s1. The van der Waals surface area contributed by atoms with E-state index in [1.165, 1.54) is 0 Å². The summed E-state index contributed by atoms with van der Waals surface area (Å²) >= 11 is 0. The number of aromatic nitrogens is 2. The first kappa shape index (κ1) is 21.6. The van der Waals surface area contributed by atoms with E-state index in [1.807, 2.05) is 30.3 Å². The fourth-order valence-electron chi connectivity index (χ4n) is 4.29. The lowest BCUT2D eigenvalue weighted by Crippen LogP contribution is -2.38. The molecule has 4 rings (SSSR count). The number of aryl methyl sites for hydroxylation is 1. The van der Waals surface area contributed by atoms with Crippen LogP contribution in [0.15, 0.2) is 79.6 Å². The van der Waals surface area contributed by atoms with Crippen LogP contribution in [0.25, 0.3) is 11.1 Å². The summed E-state index contributed by atoms with van der Waals surface area (Å²) < 4.78 is 1.72. The Kier molecular flexibility index (Phi) is 6.50. The maximum absolute atomic E-state index is 13.4. The van der Waals surface area contributed by atoms with E-state index in [2.05, 4.69) is 35.8 Å². The van der Waals surface area contributed by atoms with E-state index in [0.29, 0.717) is 38.4 Å². The van der Waals surface area contributed by atoms with Crippen molar-refractivity contribution in [1.82, 2.24) is 19.4 Å². The number of rotatable bonds is 6. The molecule has 1 fully saturated rings. The number of hydrogen-bond acceptors (Lipinski definition) is 3. The van der Waals surface area contributed by atoms with Gasteiger partial charge in [-0.15, -0.1) is 6.58 Å². The second kappa shape index (κ2) is 9.64. The predicted molar refractivity (Wildman–Crippen MR) is 125 cm³/mol. The van der Waals surface area contributed by atoms with Crippen LogP contribution in [-0.2, 0) is 18.3 Å². The van der Waals surface area contributed by atoms with Crippen molar-refractivity contribution in [2.45, 2.75) is 6.42 Å². The Labute approximate surface area is 188 Å². The minimum absolute atomic E-state index is 0.0582. The largest absolute Gasteiger partial charge is 0.337 e. The summed E-state index contributed by atoms with van der Waals surface area (Å²) in [6, 6.07) is 18.4. The Morgan fingerprint density at radius 2 is 1.88 bits per heavy atom. The number of benzene rings is 2. The Hall–Kier alpha value is -3.67. The third-order valence-electron chi connectivity index (χ3n) is 5.96. The van der Waals surface area contributed by atoms with Crippen molar-refractivity contribution in [2.75, 3.05) is 26.2 Å². The van der Waals surface area contributed by atoms with Crippen LogP contribution >= 0.6 is 0 Å². The highest BCUT2D eigenvalue weighted by Crippen LogP contribution is 2.27. The van der Waals surface area contributed by atoms with E-state index in [-0.39, 0.29) is 17.7 Å². The van der Waals surface area contributed by atoms with Crippen LogP contribution in [0, 0.1) is 5.92 Å². The van der Waals surface area contributed by atoms with Gasteiger partial charge in [-0.2, -0.15) is 0 Å². The summed E-state index contributed by atoms with van der Waals surface area (Å²) in [6.45, 7) is 5.59. The van der Waals surface area contributed by atoms with Crippen LogP contribution in [0.3, 0.4) is 0 Å². The summed E-state index contributed by atoms with van der Waals surface area (Å²) in [5.41, 5.74) is 3.33. The molecule has 1 aromatic heterocycles. The molecule has 0 bridgehead atoms. The third kappa shape index (κ3) is 4.49. The molecule has 1 saturated heterocycles. The number of hydrogen-bond donors (Lipinski definition) is 0. The monoisotopic (exact) mass is 428 g/mol. The first-order valence-electron chi connectivity index (χ1n) is 10.9. The fourth-order valence-corrected chi connectivity index (χ4v) is 4.29. The van der Waals surface area contributed by atoms with Crippen molar-refractivity contribution in [3.8, 4) is 11.1 Å². The van der Waals surface area contributed by atoms with Gasteiger partial charge in [0.25, 0.3) is 5.91 Å². The van der Waals surface area contributed by atoms with Gasteiger partial charge in [0.05, 0.1) is 5.92 Å². The Morgan fingerprint density at radius 3 is 2.59 bits per heavy atom. The molecule has 2 heterocycles.